The van der Waals surface area contributed by atoms with Crippen LogP contribution in [0, 0.1) is 0 Å². The van der Waals surface area contributed by atoms with Crippen LogP contribution in [0.2, 0.25) is 0 Å². The van der Waals surface area contributed by atoms with Gasteiger partial charge in [-0.15, -0.1) is 0 Å². The highest BCUT2D eigenvalue weighted by Crippen LogP contribution is 2.19. The number of carboxylic acids is 3. The number of aliphatic carboxylic acids is 3. The first-order chi connectivity index (χ1) is 15.8. The van der Waals surface area contributed by atoms with Crippen molar-refractivity contribution in [2.24, 2.45) is 11.5 Å². The van der Waals surface area contributed by atoms with Crippen LogP contribution in [0.5, 0.6) is 0 Å². The normalized spacial score (nSPS) is 17.8. The van der Waals surface area contributed by atoms with Crippen molar-refractivity contribution < 1.29 is 48.9 Å². The minimum absolute atomic E-state index is 0.138. The molecule has 0 bridgehead atoms. The Labute approximate surface area is 193 Å². The minimum Gasteiger partial charge on any atom is -0.481 e. The molecule has 4 atom stereocenters. The van der Waals surface area contributed by atoms with Crippen molar-refractivity contribution in [1.82, 2.24) is 15.5 Å². The number of nitrogens with one attached hydrogen (secondary N) is 2. The van der Waals surface area contributed by atoms with Crippen LogP contribution in [-0.2, 0) is 33.6 Å². The molecule has 1 fully saturated rings. The lowest BCUT2D eigenvalue weighted by Crippen LogP contribution is -2.56. The van der Waals surface area contributed by atoms with Gasteiger partial charge in [-0.3, -0.25) is 28.8 Å². The van der Waals surface area contributed by atoms with E-state index in [-0.39, 0.29) is 25.8 Å². The molecule has 34 heavy (non-hydrogen) atoms. The molecule has 0 aliphatic carbocycles. The largest absolute Gasteiger partial charge is 0.481 e. The molecule has 0 radical (unpaired) electrons. The number of nitrogens with zero attached hydrogens (tertiary/aromatic N) is 1. The third-order valence-corrected chi connectivity index (χ3v) is 5.12. The molecule has 15 heteroatoms. The molecule has 190 valence electrons. The number of rotatable bonds is 14. The lowest BCUT2D eigenvalue weighted by molar-refractivity contribution is -0.144. The van der Waals surface area contributed by atoms with Crippen LogP contribution in [0.15, 0.2) is 0 Å². The number of hydrogen-bond donors (Lipinski definition) is 7. The summed E-state index contributed by atoms with van der Waals surface area (Å²) in [4.78, 5) is 83.2. The van der Waals surface area contributed by atoms with Crippen molar-refractivity contribution in [3.63, 3.8) is 0 Å². The zero-order valence-corrected chi connectivity index (χ0v) is 18.3. The molecule has 1 heterocycles. The SMILES string of the molecule is NC(=O)CCC(NC(=O)C1CCCN1C(=O)C(N)CC(=O)O)C(=O)NC(CCC(=O)O)C(=O)O. The zero-order valence-electron chi connectivity index (χ0n) is 18.3. The Balaban J connectivity index is 2.95. The third kappa shape index (κ3) is 9.01. The summed E-state index contributed by atoms with van der Waals surface area (Å²) in [5, 5.41) is 31.3. The zero-order chi connectivity index (χ0) is 26.0. The molecule has 0 aromatic carbocycles. The van der Waals surface area contributed by atoms with Crippen LogP contribution in [0.4, 0.5) is 0 Å². The van der Waals surface area contributed by atoms with Crippen LogP contribution in [-0.4, -0.2) is 92.5 Å². The van der Waals surface area contributed by atoms with E-state index in [0.29, 0.717) is 6.42 Å². The van der Waals surface area contributed by atoms with Gasteiger partial charge in [-0.05, 0) is 25.7 Å². The summed E-state index contributed by atoms with van der Waals surface area (Å²) in [6.45, 7) is 0.138. The van der Waals surface area contributed by atoms with E-state index < -0.39 is 85.0 Å². The first-order valence-electron chi connectivity index (χ1n) is 10.4. The average molecular weight is 487 g/mol. The molecule has 0 saturated carbocycles. The van der Waals surface area contributed by atoms with Gasteiger partial charge in [0.15, 0.2) is 0 Å². The first-order valence-corrected chi connectivity index (χ1v) is 10.4. The van der Waals surface area contributed by atoms with Crippen LogP contribution in [0.1, 0.15) is 44.9 Å². The number of primary amides is 1. The summed E-state index contributed by atoms with van der Waals surface area (Å²) in [5.41, 5.74) is 10.7. The molecule has 1 rings (SSSR count). The number of hydrogen-bond acceptors (Lipinski definition) is 8. The summed E-state index contributed by atoms with van der Waals surface area (Å²) in [7, 11) is 0. The summed E-state index contributed by atoms with van der Waals surface area (Å²) in [6.07, 6.45) is -1.58. The number of nitrogens with two attached hydrogens (primary N) is 2. The van der Waals surface area contributed by atoms with Crippen LogP contribution in [0.25, 0.3) is 0 Å². The first kappa shape index (κ1) is 28.3. The highest BCUT2D eigenvalue weighted by molar-refractivity contribution is 5.95. The Morgan fingerprint density at radius 3 is 2.06 bits per heavy atom. The second-order valence-electron chi connectivity index (χ2n) is 7.79. The Morgan fingerprint density at radius 2 is 1.53 bits per heavy atom. The highest BCUT2D eigenvalue weighted by atomic mass is 16.4. The predicted molar refractivity (Wildman–Crippen MR) is 112 cm³/mol. The fourth-order valence-corrected chi connectivity index (χ4v) is 3.41. The van der Waals surface area contributed by atoms with E-state index in [4.69, 9.17) is 21.7 Å². The van der Waals surface area contributed by atoms with Gasteiger partial charge in [0.25, 0.3) is 0 Å². The van der Waals surface area contributed by atoms with Gasteiger partial charge in [0.05, 0.1) is 12.5 Å². The number of likely N-dealkylation sites (tertiary alicyclic amines) is 1. The van der Waals surface area contributed by atoms with Gasteiger partial charge in [-0.25, -0.2) is 4.79 Å². The van der Waals surface area contributed by atoms with Gasteiger partial charge < -0.3 is 42.3 Å². The van der Waals surface area contributed by atoms with E-state index in [2.05, 4.69) is 10.6 Å². The van der Waals surface area contributed by atoms with Crippen molar-refractivity contribution >= 4 is 41.5 Å². The lowest BCUT2D eigenvalue weighted by Gasteiger charge is -2.28. The van der Waals surface area contributed by atoms with Gasteiger partial charge in [0.2, 0.25) is 23.6 Å². The molecule has 9 N–H and O–H groups in total. The number of carbonyl (C=O) groups is 7. The van der Waals surface area contributed by atoms with Gasteiger partial charge in [0.1, 0.15) is 18.1 Å². The average Bonchev–Trinajstić information content (AvgIpc) is 3.22. The minimum atomic E-state index is -1.56. The van der Waals surface area contributed by atoms with E-state index >= 15 is 0 Å². The fraction of sp³-hybridized carbons (Fsp3) is 0.632. The quantitative estimate of drug-likeness (QED) is 0.129. The second-order valence-corrected chi connectivity index (χ2v) is 7.79. The van der Waals surface area contributed by atoms with Gasteiger partial charge >= 0.3 is 17.9 Å². The summed E-state index contributed by atoms with van der Waals surface area (Å²) < 4.78 is 0. The van der Waals surface area contributed by atoms with Gasteiger partial charge in [0, 0.05) is 19.4 Å². The molecule has 0 aromatic heterocycles. The lowest BCUT2D eigenvalue weighted by atomic mass is 10.1. The topological polar surface area (TPSA) is 260 Å². The maximum Gasteiger partial charge on any atom is 0.326 e. The summed E-state index contributed by atoms with van der Waals surface area (Å²) in [6, 6.07) is -5.39. The second kappa shape index (κ2) is 13.1. The van der Waals surface area contributed by atoms with Crippen molar-refractivity contribution in [3.05, 3.63) is 0 Å². The van der Waals surface area contributed by atoms with E-state index in [1.54, 1.807) is 0 Å². The van der Waals surface area contributed by atoms with Crippen molar-refractivity contribution in [2.75, 3.05) is 6.54 Å². The van der Waals surface area contributed by atoms with E-state index in [0.717, 1.165) is 4.90 Å². The van der Waals surface area contributed by atoms with Crippen molar-refractivity contribution in [3.8, 4) is 0 Å². The summed E-state index contributed by atoms with van der Waals surface area (Å²) >= 11 is 0. The molecular formula is C19H29N5O10. The number of carboxylic acid groups (broad SMARTS) is 3. The van der Waals surface area contributed by atoms with Gasteiger partial charge in [-0.2, -0.15) is 0 Å². The monoisotopic (exact) mass is 487 g/mol. The van der Waals surface area contributed by atoms with E-state index in [1.165, 1.54) is 0 Å². The molecule has 0 aromatic rings. The van der Waals surface area contributed by atoms with Crippen LogP contribution >= 0.6 is 0 Å². The molecule has 0 spiro atoms. The molecular weight excluding hydrogens is 458 g/mol. The van der Waals surface area contributed by atoms with Crippen LogP contribution in [0.3, 0.4) is 0 Å². The maximum atomic E-state index is 12.8. The molecule has 4 unspecified atom stereocenters. The van der Waals surface area contributed by atoms with Crippen molar-refractivity contribution in [2.45, 2.75) is 69.1 Å². The predicted octanol–water partition coefficient (Wildman–Crippen LogP) is -3.04. The standard InChI is InChI=1S/C19H29N5O10/c20-9(8-15(28)29)18(32)24-7-1-2-12(24)17(31)22-10(3-5-13(21)25)16(30)23-11(19(33)34)4-6-14(26)27/h9-12H,1-8,20H2,(H2,21,25)(H,22,31)(H,23,30)(H,26,27)(H,28,29)(H,33,34). The molecule has 15 nitrogen and oxygen atoms in total. The smallest absolute Gasteiger partial charge is 0.326 e. The molecule has 1 saturated heterocycles. The van der Waals surface area contributed by atoms with E-state index in [9.17, 15) is 38.7 Å². The fourth-order valence-electron chi connectivity index (χ4n) is 3.41. The van der Waals surface area contributed by atoms with Crippen molar-refractivity contribution in [1.29, 1.82) is 0 Å². The Hall–Kier alpha value is -3.75. The Bertz CT molecular complexity index is 832. The number of carbonyl (C=O) groups excluding carboxylic acids is 4. The molecule has 4 amide bonds. The molecule has 1 aliphatic rings. The summed E-state index contributed by atoms with van der Waals surface area (Å²) in [5.74, 6) is -7.36. The Kier molecular flexibility index (Phi) is 10.9. The Morgan fingerprint density at radius 1 is 0.912 bits per heavy atom. The highest BCUT2D eigenvalue weighted by Gasteiger charge is 2.38. The number of amides is 4. The molecule has 1 aliphatic heterocycles. The van der Waals surface area contributed by atoms with Crippen LogP contribution < -0.4 is 22.1 Å². The van der Waals surface area contributed by atoms with E-state index in [1.807, 2.05) is 0 Å². The third-order valence-electron chi connectivity index (χ3n) is 5.12. The maximum absolute atomic E-state index is 12.8. The van der Waals surface area contributed by atoms with Gasteiger partial charge in [-0.1, -0.05) is 0 Å².